The fourth-order valence-corrected chi connectivity index (χ4v) is 4.64. The Morgan fingerprint density at radius 2 is 1.84 bits per heavy atom. The molecule has 1 fully saturated rings. The molecule has 3 aromatic rings. The first-order chi connectivity index (χ1) is 15.4. The van der Waals surface area contributed by atoms with Crippen molar-refractivity contribution in [3.63, 3.8) is 0 Å². The third-order valence-corrected chi connectivity index (χ3v) is 6.82. The van der Waals surface area contributed by atoms with Gasteiger partial charge in [0.15, 0.2) is 0 Å². The smallest absolute Gasteiger partial charge is 0.314 e. The van der Waals surface area contributed by atoms with Crippen LogP contribution in [0, 0.1) is 5.82 Å². The van der Waals surface area contributed by atoms with Crippen molar-refractivity contribution in [3.05, 3.63) is 78.2 Å². The van der Waals surface area contributed by atoms with E-state index in [9.17, 15) is 8.78 Å². The number of rotatable bonds is 7. The lowest BCUT2D eigenvalue weighted by Gasteiger charge is -2.38. The second-order valence-corrected chi connectivity index (χ2v) is 9.44. The van der Waals surface area contributed by atoms with Crippen molar-refractivity contribution in [3.8, 4) is 11.5 Å². The Bertz CT molecular complexity index is 1110. The maximum atomic E-state index is 15.0. The Kier molecular flexibility index (Phi) is 6.64. The van der Waals surface area contributed by atoms with Gasteiger partial charge in [-0.3, -0.25) is 0 Å². The third-order valence-electron chi connectivity index (χ3n) is 5.30. The highest BCUT2D eigenvalue weighted by atomic mass is 32.2. The Morgan fingerprint density at radius 3 is 2.47 bits per heavy atom. The van der Waals surface area contributed by atoms with Gasteiger partial charge in [0.1, 0.15) is 11.6 Å². The Hall–Kier alpha value is -3.07. The van der Waals surface area contributed by atoms with Crippen molar-refractivity contribution in [2.24, 2.45) is 0 Å². The van der Waals surface area contributed by atoms with Crippen LogP contribution in [0.5, 0.6) is 0 Å². The van der Waals surface area contributed by atoms with Gasteiger partial charge in [-0.1, -0.05) is 36.7 Å². The van der Waals surface area contributed by atoms with E-state index in [0.717, 1.165) is 36.1 Å². The van der Waals surface area contributed by atoms with Crippen LogP contribution in [0.3, 0.4) is 0 Å². The molecule has 9 heteroatoms. The molecule has 5 nitrogen and oxygen atoms in total. The first-order valence-electron chi connectivity index (χ1n) is 10.1. The highest BCUT2D eigenvalue weighted by molar-refractivity contribution is 8.14. The molecule has 2 aromatic carbocycles. The summed E-state index contributed by atoms with van der Waals surface area (Å²) in [4.78, 5) is 4.18. The average molecular weight is 461 g/mol. The average Bonchev–Trinajstić information content (AvgIpc) is 3.30. The minimum Gasteiger partial charge on any atom is -0.415 e. The summed E-state index contributed by atoms with van der Waals surface area (Å²) in [6, 6.07) is 14.1. The summed E-state index contributed by atoms with van der Waals surface area (Å²) >= 11 is 0. The zero-order valence-corrected chi connectivity index (χ0v) is 18.2. The van der Waals surface area contributed by atoms with Crippen molar-refractivity contribution >= 4 is 22.0 Å². The molecule has 0 radical (unpaired) electrons. The zero-order valence-electron chi connectivity index (χ0n) is 17.4. The lowest BCUT2D eigenvalue weighted by molar-refractivity contribution is 0.116. The lowest BCUT2D eigenvalue weighted by atomic mass is 10.1. The molecule has 2 heterocycles. The third kappa shape index (κ3) is 4.88. The molecule has 0 unspecified atom stereocenters. The minimum absolute atomic E-state index is 0.146. The molecule has 0 N–H and O–H groups in total. The summed E-state index contributed by atoms with van der Waals surface area (Å²) in [5, 5.41) is 6.88. The normalized spacial score (nSPS) is 14.7. The number of anilines is 1. The summed E-state index contributed by atoms with van der Waals surface area (Å²) in [7, 11) is 0.173. The van der Waals surface area contributed by atoms with Gasteiger partial charge in [0.25, 0.3) is 5.89 Å². The molecule has 1 aliphatic rings. The van der Waals surface area contributed by atoms with Gasteiger partial charge in [-0.2, -0.15) is 19.3 Å². The van der Waals surface area contributed by atoms with E-state index in [4.69, 9.17) is 4.42 Å². The van der Waals surface area contributed by atoms with Crippen molar-refractivity contribution in [2.75, 3.05) is 29.5 Å². The van der Waals surface area contributed by atoms with Gasteiger partial charge in [-0.25, -0.2) is 4.39 Å². The zero-order chi connectivity index (χ0) is 22.7. The number of para-hydroxylation sites is 1. The van der Waals surface area contributed by atoms with Crippen molar-refractivity contribution in [2.45, 2.75) is 13.0 Å². The molecule has 1 aromatic heterocycles. The molecule has 0 amide bonds. The number of benzene rings is 2. The van der Waals surface area contributed by atoms with Crippen LogP contribution in [0.15, 0.2) is 65.3 Å². The molecule has 0 spiro atoms. The number of nitrogens with zero attached hydrogens (tertiary/aromatic N) is 4. The van der Waals surface area contributed by atoms with Gasteiger partial charge in [0.2, 0.25) is 5.89 Å². The molecule has 0 bridgehead atoms. The molecule has 1 aliphatic heterocycles. The monoisotopic (exact) mass is 460 g/mol. The highest BCUT2D eigenvalue weighted by Crippen LogP contribution is 2.29. The molecular weight excluding hydrogens is 437 g/mol. The molecule has 32 heavy (non-hydrogen) atoms. The molecule has 0 atom stereocenters. The van der Waals surface area contributed by atoms with Crippen LogP contribution >= 0.6 is 10.5 Å². The van der Waals surface area contributed by atoms with Crippen molar-refractivity contribution in [1.82, 2.24) is 15.1 Å². The first-order valence-corrected chi connectivity index (χ1v) is 11.8. The summed E-state index contributed by atoms with van der Waals surface area (Å²) in [5.74, 6) is 5.56. The van der Waals surface area contributed by atoms with Gasteiger partial charge in [-0.15, -0.1) is 10.2 Å². The van der Waals surface area contributed by atoms with E-state index in [0.29, 0.717) is 5.56 Å². The van der Waals surface area contributed by atoms with Crippen LogP contribution in [0.4, 0.5) is 18.9 Å². The predicted molar refractivity (Wildman–Crippen MR) is 122 cm³/mol. The maximum Gasteiger partial charge on any atom is 0.314 e. The second-order valence-electron chi connectivity index (χ2n) is 7.40. The maximum absolute atomic E-state index is 15.0. The fraction of sp³-hybridized carbons (Fsp3) is 0.261. The topological polar surface area (TPSA) is 45.4 Å². The van der Waals surface area contributed by atoms with E-state index in [-0.39, 0.29) is 28.5 Å². The lowest BCUT2D eigenvalue weighted by Crippen LogP contribution is -2.40. The highest BCUT2D eigenvalue weighted by Gasteiger charge is 2.22. The number of hydrogen-bond donors (Lipinski definition) is 0. The van der Waals surface area contributed by atoms with Crippen LogP contribution in [0.2, 0.25) is 0 Å². The largest absolute Gasteiger partial charge is 0.415 e. The molecule has 168 valence electrons. The summed E-state index contributed by atoms with van der Waals surface area (Å²) in [6.45, 7) is 6.28. The fourth-order valence-electron chi connectivity index (χ4n) is 3.48. The van der Waals surface area contributed by atoms with Crippen LogP contribution in [-0.2, 0) is 6.54 Å². The van der Waals surface area contributed by atoms with Crippen LogP contribution in [0.25, 0.3) is 11.5 Å². The summed E-state index contributed by atoms with van der Waals surface area (Å²) in [5.41, 5.74) is 1.58. The van der Waals surface area contributed by atoms with E-state index in [2.05, 4.69) is 27.5 Å². The number of alkyl halides is 2. The van der Waals surface area contributed by atoms with E-state index in [1.54, 1.807) is 12.1 Å². The van der Waals surface area contributed by atoms with E-state index < -0.39 is 18.1 Å². The molecule has 0 aliphatic carbocycles. The number of aromatic nitrogens is 2. The quantitative estimate of drug-likeness (QED) is 0.448. The SMILES string of the molecule is C=C(N1CCS(=C)CC1)N(Cc1ccc(-c2nnc(C(F)F)o2)cc1F)c1ccccc1. The molecule has 1 saturated heterocycles. The van der Waals surface area contributed by atoms with Crippen molar-refractivity contribution < 1.29 is 17.6 Å². The van der Waals surface area contributed by atoms with Gasteiger partial charge < -0.3 is 14.2 Å². The van der Waals surface area contributed by atoms with Crippen LogP contribution in [0.1, 0.15) is 17.9 Å². The molecule has 0 saturated carbocycles. The Balaban J connectivity index is 1.59. The van der Waals surface area contributed by atoms with E-state index >= 15 is 4.39 Å². The van der Waals surface area contributed by atoms with Gasteiger partial charge >= 0.3 is 6.43 Å². The van der Waals surface area contributed by atoms with Gasteiger partial charge in [0, 0.05) is 41.4 Å². The Morgan fingerprint density at radius 1 is 1.12 bits per heavy atom. The van der Waals surface area contributed by atoms with Crippen molar-refractivity contribution in [1.29, 1.82) is 0 Å². The second kappa shape index (κ2) is 9.60. The summed E-state index contributed by atoms with van der Waals surface area (Å²) < 4.78 is 45.4. The summed E-state index contributed by atoms with van der Waals surface area (Å²) in [6.07, 6.45) is -2.88. The molecule has 4 rings (SSSR count). The number of halogens is 3. The van der Waals surface area contributed by atoms with Crippen LogP contribution in [-0.4, -0.2) is 45.6 Å². The van der Waals surface area contributed by atoms with Gasteiger partial charge in [-0.05, 0) is 24.3 Å². The predicted octanol–water partition coefficient (Wildman–Crippen LogP) is 5.31. The molecular formula is C23H23F3N4OS. The van der Waals surface area contributed by atoms with Crippen LogP contribution < -0.4 is 4.90 Å². The van der Waals surface area contributed by atoms with Gasteiger partial charge in [0.05, 0.1) is 6.54 Å². The van der Waals surface area contributed by atoms with E-state index in [1.807, 2.05) is 35.2 Å². The minimum atomic E-state index is -2.88. The first kappa shape index (κ1) is 22.1. The van der Waals surface area contributed by atoms with E-state index in [1.165, 1.54) is 6.07 Å². The Labute approximate surface area is 187 Å². The number of hydrogen-bond acceptors (Lipinski definition) is 5. The standard InChI is InChI=1S/C23H23F3N4OS/c1-16(29-10-12-32(2)13-11-29)30(19-6-4-3-5-7-19)15-18-9-8-17(14-20(18)24)22-27-28-23(31-22)21(25)26/h3-9,14,21H,1-2,10-13,15H2.